The number of ether oxygens (including phenoxy) is 2. The third kappa shape index (κ3) is 5.37. The highest BCUT2D eigenvalue weighted by Crippen LogP contribution is 2.40. The number of hydrogen-bond donors (Lipinski definition) is 1. The molecule has 8 nitrogen and oxygen atoms in total. The van der Waals surface area contributed by atoms with Crippen molar-refractivity contribution in [2.24, 2.45) is 5.92 Å². The van der Waals surface area contributed by atoms with E-state index in [1.165, 1.54) is 10.8 Å². The number of aromatic amines is 1. The van der Waals surface area contributed by atoms with Gasteiger partial charge in [0.25, 0.3) is 5.56 Å². The highest BCUT2D eigenvalue weighted by molar-refractivity contribution is 6.74. The first-order chi connectivity index (χ1) is 15.3. The van der Waals surface area contributed by atoms with Gasteiger partial charge in [0.15, 0.2) is 8.32 Å². The van der Waals surface area contributed by atoms with Gasteiger partial charge >= 0.3 is 11.7 Å². The summed E-state index contributed by atoms with van der Waals surface area (Å²) in [4.78, 5) is 39.5. The summed E-state index contributed by atoms with van der Waals surface area (Å²) >= 11 is 0. The molecule has 0 aliphatic carbocycles. The summed E-state index contributed by atoms with van der Waals surface area (Å²) in [5.41, 5.74) is -0.174. The van der Waals surface area contributed by atoms with E-state index in [2.05, 4.69) is 38.8 Å². The number of aromatic nitrogens is 2. The van der Waals surface area contributed by atoms with Crippen LogP contribution in [0.25, 0.3) is 0 Å². The van der Waals surface area contributed by atoms with E-state index in [1.54, 1.807) is 31.2 Å². The van der Waals surface area contributed by atoms with E-state index in [0.717, 1.165) is 0 Å². The largest absolute Gasteiger partial charge is 0.455 e. The predicted molar refractivity (Wildman–Crippen MR) is 128 cm³/mol. The van der Waals surface area contributed by atoms with E-state index in [4.69, 9.17) is 13.9 Å². The summed E-state index contributed by atoms with van der Waals surface area (Å²) in [5.74, 6) is -0.812. The molecule has 1 N–H and O–H groups in total. The molecule has 180 valence electrons. The SMILES string of the molecule is Cc1cn([C@@H]2O[C@H](CO[Si](C)(C)C(C)(C)C)[C@@H](OC(=O)c3ccccc3)[C@H]2C)c(=O)[nH]c1=O. The van der Waals surface area contributed by atoms with Gasteiger partial charge in [0.1, 0.15) is 18.4 Å². The maximum atomic E-state index is 12.8. The fraction of sp³-hybridized carbons (Fsp3) is 0.542. The van der Waals surface area contributed by atoms with Crippen molar-refractivity contribution in [3.63, 3.8) is 0 Å². The molecule has 0 bridgehead atoms. The molecule has 0 radical (unpaired) electrons. The Morgan fingerprint density at radius 1 is 1.18 bits per heavy atom. The van der Waals surface area contributed by atoms with Gasteiger partial charge in [0.05, 0.1) is 12.2 Å². The Hall–Kier alpha value is -2.49. The van der Waals surface area contributed by atoms with Crippen LogP contribution in [0.3, 0.4) is 0 Å². The summed E-state index contributed by atoms with van der Waals surface area (Å²) < 4.78 is 19.9. The number of rotatable bonds is 6. The van der Waals surface area contributed by atoms with Crippen LogP contribution in [-0.4, -0.2) is 42.7 Å². The number of nitrogens with zero attached hydrogens (tertiary/aromatic N) is 1. The molecule has 1 saturated heterocycles. The van der Waals surface area contributed by atoms with Crippen LogP contribution in [-0.2, 0) is 13.9 Å². The fourth-order valence-corrected chi connectivity index (χ4v) is 4.58. The number of aryl methyl sites for hydroxylation is 1. The first-order valence-electron chi connectivity index (χ1n) is 11.2. The molecule has 33 heavy (non-hydrogen) atoms. The fourth-order valence-electron chi connectivity index (χ4n) is 3.57. The van der Waals surface area contributed by atoms with Crippen LogP contribution in [0.5, 0.6) is 0 Å². The van der Waals surface area contributed by atoms with Gasteiger partial charge < -0.3 is 13.9 Å². The van der Waals surface area contributed by atoms with Crippen molar-refractivity contribution in [1.29, 1.82) is 0 Å². The Morgan fingerprint density at radius 2 is 1.82 bits per heavy atom. The van der Waals surface area contributed by atoms with Crippen molar-refractivity contribution in [3.8, 4) is 0 Å². The molecule has 2 heterocycles. The van der Waals surface area contributed by atoms with E-state index in [0.29, 0.717) is 11.1 Å². The lowest BCUT2D eigenvalue weighted by Gasteiger charge is -2.37. The van der Waals surface area contributed by atoms with Gasteiger partial charge in [0.2, 0.25) is 0 Å². The van der Waals surface area contributed by atoms with Crippen molar-refractivity contribution >= 4 is 14.3 Å². The third-order valence-electron chi connectivity index (χ3n) is 6.74. The Bertz CT molecular complexity index is 1100. The van der Waals surface area contributed by atoms with Crippen LogP contribution < -0.4 is 11.2 Å². The smallest absolute Gasteiger partial charge is 0.338 e. The molecule has 1 aliphatic heterocycles. The Kier molecular flexibility index (Phi) is 7.16. The minimum absolute atomic E-state index is 0.000198. The minimum Gasteiger partial charge on any atom is -0.455 e. The zero-order valence-corrected chi connectivity index (χ0v) is 21.4. The quantitative estimate of drug-likeness (QED) is 0.507. The second-order valence-corrected chi connectivity index (χ2v) is 15.0. The Morgan fingerprint density at radius 3 is 2.42 bits per heavy atom. The number of H-pyrrole nitrogens is 1. The Labute approximate surface area is 195 Å². The van der Waals surface area contributed by atoms with Crippen LogP contribution in [0, 0.1) is 12.8 Å². The molecule has 9 heteroatoms. The summed E-state index contributed by atoms with van der Waals surface area (Å²) in [6, 6.07) is 8.76. The first kappa shape index (κ1) is 25.1. The maximum absolute atomic E-state index is 12.8. The van der Waals surface area contributed by atoms with Gasteiger partial charge in [-0.15, -0.1) is 0 Å². The van der Waals surface area contributed by atoms with Crippen LogP contribution >= 0.6 is 0 Å². The molecule has 2 aromatic rings. The van der Waals surface area contributed by atoms with Crippen molar-refractivity contribution in [2.45, 2.75) is 71.2 Å². The molecule has 0 saturated carbocycles. The lowest BCUT2D eigenvalue weighted by atomic mass is 10.0. The van der Waals surface area contributed by atoms with E-state index in [9.17, 15) is 14.4 Å². The highest BCUT2D eigenvalue weighted by atomic mass is 28.4. The zero-order chi connectivity index (χ0) is 24.6. The second-order valence-electron chi connectivity index (χ2n) is 10.2. The molecular formula is C24H34N2O6Si. The molecule has 0 amide bonds. The average Bonchev–Trinajstić information content (AvgIpc) is 3.04. The van der Waals surface area contributed by atoms with E-state index < -0.39 is 44.0 Å². The van der Waals surface area contributed by atoms with Crippen LogP contribution in [0.1, 0.15) is 49.8 Å². The number of hydrogen-bond acceptors (Lipinski definition) is 6. The number of carbonyl (C=O) groups is 1. The summed E-state index contributed by atoms with van der Waals surface area (Å²) in [7, 11) is -2.09. The number of carbonyl (C=O) groups excluding carboxylic acids is 1. The Balaban J connectivity index is 1.90. The number of benzene rings is 1. The zero-order valence-electron chi connectivity index (χ0n) is 20.4. The van der Waals surface area contributed by atoms with E-state index in [-0.39, 0.29) is 17.6 Å². The van der Waals surface area contributed by atoms with Gasteiger partial charge in [-0.1, -0.05) is 45.9 Å². The van der Waals surface area contributed by atoms with Crippen molar-refractivity contribution in [2.75, 3.05) is 6.61 Å². The summed E-state index contributed by atoms with van der Waals surface area (Å²) in [5, 5.41) is -0.000198. The second kappa shape index (κ2) is 9.40. The summed E-state index contributed by atoms with van der Waals surface area (Å²) in [6.07, 6.45) is -0.428. The molecule has 0 spiro atoms. The third-order valence-corrected chi connectivity index (χ3v) is 11.2. The van der Waals surface area contributed by atoms with Gasteiger partial charge in [-0.2, -0.15) is 0 Å². The molecule has 1 aromatic carbocycles. The van der Waals surface area contributed by atoms with Crippen LogP contribution in [0.15, 0.2) is 46.1 Å². The number of nitrogens with one attached hydrogen (secondary N) is 1. The normalized spacial score (nSPS) is 23.5. The highest BCUT2D eigenvalue weighted by Gasteiger charge is 2.47. The molecule has 1 aromatic heterocycles. The topological polar surface area (TPSA) is 99.6 Å². The molecule has 3 rings (SSSR count). The predicted octanol–water partition coefficient (Wildman–Crippen LogP) is 3.63. The number of esters is 1. The maximum Gasteiger partial charge on any atom is 0.338 e. The standard InChI is InChI=1S/C24H34N2O6Si/c1-15-13-26(23(29)25-20(15)27)21-16(2)19(32-22(28)17-11-9-8-10-12-17)18(31-21)14-30-33(6,7)24(3,4)5/h8-13,16,18-19,21H,14H2,1-7H3,(H,25,27,29)/t16-,18-,19+,21-/m1/s1. The molecule has 4 atom stereocenters. The first-order valence-corrected chi connectivity index (χ1v) is 14.1. The van der Waals surface area contributed by atoms with E-state index in [1.807, 2.05) is 13.0 Å². The van der Waals surface area contributed by atoms with Gasteiger partial charge in [-0.25, -0.2) is 9.59 Å². The van der Waals surface area contributed by atoms with Crippen LogP contribution in [0.2, 0.25) is 18.1 Å². The molecule has 0 unspecified atom stereocenters. The minimum atomic E-state index is -2.09. The van der Waals surface area contributed by atoms with Gasteiger partial charge in [-0.3, -0.25) is 14.3 Å². The molecular weight excluding hydrogens is 440 g/mol. The van der Waals surface area contributed by atoms with Crippen LogP contribution in [0.4, 0.5) is 0 Å². The summed E-state index contributed by atoms with van der Waals surface area (Å²) in [6.45, 7) is 14.5. The average molecular weight is 475 g/mol. The molecule has 1 aliphatic rings. The van der Waals surface area contributed by atoms with Crippen molar-refractivity contribution in [3.05, 3.63) is 68.5 Å². The van der Waals surface area contributed by atoms with Crippen molar-refractivity contribution in [1.82, 2.24) is 9.55 Å². The molecule has 1 fully saturated rings. The lowest BCUT2D eigenvalue weighted by molar-refractivity contribution is -0.0505. The van der Waals surface area contributed by atoms with Gasteiger partial charge in [0, 0.05) is 17.7 Å². The lowest BCUT2D eigenvalue weighted by Crippen LogP contribution is -2.44. The monoisotopic (exact) mass is 474 g/mol. The van der Waals surface area contributed by atoms with Gasteiger partial charge in [-0.05, 0) is 37.2 Å². The van der Waals surface area contributed by atoms with Crippen molar-refractivity contribution < 1.29 is 18.7 Å². The van der Waals surface area contributed by atoms with E-state index >= 15 is 0 Å².